The maximum atomic E-state index is 11.7. The molecule has 0 spiro atoms. The SMILES string of the molecule is COC[C@@H](NC(=O)OC(C)(C)C)c1cc(C#N)cs1. The second kappa shape index (κ2) is 6.55. The third kappa shape index (κ3) is 5.28. The molecule has 0 saturated heterocycles. The zero-order valence-corrected chi connectivity index (χ0v) is 12.3. The number of nitrogens with zero attached hydrogens (tertiary/aromatic N) is 1. The number of alkyl carbamates (subject to hydrolysis) is 1. The maximum Gasteiger partial charge on any atom is 0.408 e. The molecule has 1 aromatic rings. The van der Waals surface area contributed by atoms with Gasteiger partial charge < -0.3 is 14.8 Å². The van der Waals surface area contributed by atoms with E-state index in [1.165, 1.54) is 11.3 Å². The molecule has 1 amide bonds. The largest absolute Gasteiger partial charge is 0.444 e. The lowest BCUT2D eigenvalue weighted by Gasteiger charge is -2.22. The third-order valence-corrected chi connectivity index (χ3v) is 3.16. The predicted octanol–water partition coefficient (Wildman–Crippen LogP) is 2.83. The molecule has 0 aromatic carbocycles. The van der Waals surface area contributed by atoms with E-state index in [4.69, 9.17) is 14.7 Å². The minimum absolute atomic E-state index is 0.313. The first kappa shape index (κ1) is 15.5. The van der Waals surface area contributed by atoms with E-state index in [2.05, 4.69) is 11.4 Å². The predicted molar refractivity (Wildman–Crippen MR) is 73.0 cm³/mol. The van der Waals surface area contributed by atoms with Gasteiger partial charge in [-0.1, -0.05) is 0 Å². The molecule has 1 aromatic heterocycles. The Morgan fingerprint density at radius 2 is 2.26 bits per heavy atom. The molecule has 1 rings (SSSR count). The topological polar surface area (TPSA) is 71.3 Å². The Bertz CT molecular complexity index is 471. The molecule has 0 saturated carbocycles. The molecule has 104 valence electrons. The van der Waals surface area contributed by atoms with Gasteiger partial charge in [0.25, 0.3) is 0 Å². The van der Waals surface area contributed by atoms with Gasteiger partial charge in [-0.3, -0.25) is 0 Å². The molecule has 19 heavy (non-hydrogen) atoms. The number of rotatable bonds is 4. The van der Waals surface area contributed by atoms with Crippen LogP contribution in [0.15, 0.2) is 11.4 Å². The molecule has 0 aliphatic rings. The van der Waals surface area contributed by atoms with Crippen molar-refractivity contribution in [1.82, 2.24) is 5.32 Å². The van der Waals surface area contributed by atoms with Crippen LogP contribution in [0.5, 0.6) is 0 Å². The summed E-state index contributed by atoms with van der Waals surface area (Å²) >= 11 is 1.41. The molecule has 5 nitrogen and oxygen atoms in total. The molecule has 0 radical (unpaired) electrons. The Morgan fingerprint density at radius 3 is 2.74 bits per heavy atom. The van der Waals surface area contributed by atoms with E-state index in [0.717, 1.165) is 4.88 Å². The van der Waals surface area contributed by atoms with Crippen LogP contribution < -0.4 is 5.32 Å². The zero-order valence-electron chi connectivity index (χ0n) is 11.5. The second-order valence-corrected chi connectivity index (χ2v) is 5.95. The van der Waals surface area contributed by atoms with Gasteiger partial charge in [-0.2, -0.15) is 5.26 Å². The number of nitriles is 1. The van der Waals surface area contributed by atoms with E-state index in [-0.39, 0.29) is 6.04 Å². The van der Waals surface area contributed by atoms with Gasteiger partial charge in [-0.15, -0.1) is 11.3 Å². The number of nitrogens with one attached hydrogen (secondary N) is 1. The molecule has 0 unspecified atom stereocenters. The molecule has 1 N–H and O–H groups in total. The monoisotopic (exact) mass is 282 g/mol. The van der Waals surface area contributed by atoms with E-state index >= 15 is 0 Å². The first-order valence-corrected chi connectivity index (χ1v) is 6.70. The molecule has 1 atom stereocenters. The van der Waals surface area contributed by atoms with Gasteiger partial charge in [0.1, 0.15) is 11.7 Å². The van der Waals surface area contributed by atoms with Crippen molar-refractivity contribution in [2.75, 3.05) is 13.7 Å². The van der Waals surface area contributed by atoms with Gasteiger partial charge in [0, 0.05) is 17.4 Å². The normalized spacial score (nSPS) is 12.6. The number of thiophene rings is 1. The highest BCUT2D eigenvalue weighted by Gasteiger charge is 2.21. The summed E-state index contributed by atoms with van der Waals surface area (Å²) in [6.45, 7) is 5.73. The fraction of sp³-hybridized carbons (Fsp3) is 0.538. The molecular weight excluding hydrogens is 264 g/mol. The molecule has 0 aliphatic carbocycles. The van der Waals surface area contributed by atoms with Crippen molar-refractivity contribution < 1.29 is 14.3 Å². The lowest BCUT2D eigenvalue weighted by atomic mass is 10.2. The Kier molecular flexibility index (Phi) is 5.33. The van der Waals surface area contributed by atoms with Crippen LogP contribution in [0.2, 0.25) is 0 Å². The quantitative estimate of drug-likeness (QED) is 0.921. The summed E-state index contributed by atoms with van der Waals surface area (Å²) in [5.41, 5.74) is 0.0294. The number of ether oxygens (including phenoxy) is 2. The summed E-state index contributed by atoms with van der Waals surface area (Å²) in [4.78, 5) is 12.6. The van der Waals surface area contributed by atoms with Gasteiger partial charge in [0.15, 0.2) is 0 Å². The lowest BCUT2D eigenvalue weighted by molar-refractivity contribution is 0.0469. The average Bonchev–Trinajstić information content (AvgIpc) is 2.74. The maximum absolute atomic E-state index is 11.7. The Labute approximate surface area is 117 Å². The number of amides is 1. The fourth-order valence-corrected chi connectivity index (χ4v) is 2.28. The van der Waals surface area contributed by atoms with Gasteiger partial charge in [-0.05, 0) is 26.8 Å². The smallest absolute Gasteiger partial charge is 0.408 e. The van der Waals surface area contributed by atoms with Crippen molar-refractivity contribution in [2.24, 2.45) is 0 Å². The summed E-state index contributed by atoms with van der Waals surface area (Å²) < 4.78 is 10.3. The van der Waals surface area contributed by atoms with Crippen LogP contribution in [0.4, 0.5) is 4.79 Å². The van der Waals surface area contributed by atoms with Crippen LogP contribution in [0.1, 0.15) is 37.3 Å². The van der Waals surface area contributed by atoms with E-state index in [9.17, 15) is 4.79 Å². The highest BCUT2D eigenvalue weighted by molar-refractivity contribution is 7.10. The minimum Gasteiger partial charge on any atom is -0.444 e. The fourth-order valence-electron chi connectivity index (χ4n) is 1.41. The number of hydrogen-bond acceptors (Lipinski definition) is 5. The van der Waals surface area contributed by atoms with Crippen molar-refractivity contribution in [1.29, 1.82) is 5.26 Å². The van der Waals surface area contributed by atoms with Gasteiger partial charge in [0.05, 0.1) is 18.2 Å². The van der Waals surface area contributed by atoms with E-state index in [0.29, 0.717) is 12.2 Å². The van der Waals surface area contributed by atoms with Crippen LogP contribution in [0.3, 0.4) is 0 Å². The highest BCUT2D eigenvalue weighted by Crippen LogP contribution is 2.22. The molecule has 0 fully saturated rings. The van der Waals surface area contributed by atoms with Crippen LogP contribution in [0, 0.1) is 11.3 Å². The number of methoxy groups -OCH3 is 1. The van der Waals surface area contributed by atoms with Gasteiger partial charge in [0.2, 0.25) is 0 Å². The number of hydrogen-bond donors (Lipinski definition) is 1. The second-order valence-electron chi connectivity index (χ2n) is 5.00. The summed E-state index contributed by atoms with van der Waals surface area (Å²) in [5, 5.41) is 13.3. The third-order valence-electron chi connectivity index (χ3n) is 2.12. The van der Waals surface area contributed by atoms with Gasteiger partial charge >= 0.3 is 6.09 Å². The number of carbonyl (C=O) groups is 1. The number of carbonyl (C=O) groups excluding carboxylic acids is 1. The van der Waals surface area contributed by atoms with E-state index in [1.807, 2.05) is 0 Å². The Hall–Kier alpha value is -1.58. The summed E-state index contributed by atoms with van der Waals surface area (Å²) in [5.74, 6) is 0. The zero-order chi connectivity index (χ0) is 14.5. The molecule has 0 bridgehead atoms. The van der Waals surface area contributed by atoms with E-state index < -0.39 is 11.7 Å². The summed E-state index contributed by atoms with van der Waals surface area (Å²) in [6.07, 6.45) is -0.499. The first-order valence-electron chi connectivity index (χ1n) is 5.82. The van der Waals surface area contributed by atoms with Crippen molar-refractivity contribution in [3.8, 4) is 6.07 Å². The molecule has 0 aliphatic heterocycles. The minimum atomic E-state index is -0.547. The molecular formula is C13H18N2O3S. The summed E-state index contributed by atoms with van der Waals surface area (Å²) in [7, 11) is 1.56. The van der Waals surface area contributed by atoms with Crippen molar-refractivity contribution in [3.05, 3.63) is 21.9 Å². The van der Waals surface area contributed by atoms with Crippen LogP contribution in [-0.2, 0) is 9.47 Å². The lowest BCUT2D eigenvalue weighted by Crippen LogP contribution is -2.36. The molecule has 1 heterocycles. The van der Waals surface area contributed by atoms with Crippen molar-refractivity contribution >= 4 is 17.4 Å². The highest BCUT2D eigenvalue weighted by atomic mass is 32.1. The van der Waals surface area contributed by atoms with E-state index in [1.54, 1.807) is 39.3 Å². The molecule has 6 heteroatoms. The van der Waals surface area contributed by atoms with Crippen molar-refractivity contribution in [3.63, 3.8) is 0 Å². The van der Waals surface area contributed by atoms with Crippen LogP contribution >= 0.6 is 11.3 Å². The standard InChI is InChI=1S/C13H18N2O3S/c1-13(2,3)18-12(16)15-10(7-17-4)11-5-9(6-14)8-19-11/h5,8,10H,7H2,1-4H3,(H,15,16)/t10-/m1/s1. The van der Waals surface area contributed by atoms with Crippen LogP contribution in [0.25, 0.3) is 0 Å². The summed E-state index contributed by atoms with van der Waals surface area (Å²) in [6, 6.07) is 3.49. The average molecular weight is 282 g/mol. The van der Waals surface area contributed by atoms with Crippen molar-refractivity contribution in [2.45, 2.75) is 32.4 Å². The Balaban J connectivity index is 2.73. The van der Waals surface area contributed by atoms with Gasteiger partial charge in [-0.25, -0.2) is 4.79 Å². The van der Waals surface area contributed by atoms with Crippen LogP contribution in [-0.4, -0.2) is 25.4 Å². The Morgan fingerprint density at radius 1 is 1.58 bits per heavy atom. The first-order chi connectivity index (χ1) is 8.85.